The molecule has 1 aromatic carbocycles. The van der Waals surface area contributed by atoms with E-state index in [4.69, 9.17) is 15.2 Å². The zero-order chi connectivity index (χ0) is 15.4. The molecule has 3 N–H and O–H groups in total. The standard InChI is InChI=1S/C16H24N2O3/c1-10-8-14(20-2)15(21-3)9-13(10)18-16(19)11-6-4-5-7-12(11)17/h8-9,11-12H,4-7,17H2,1-3H3,(H,18,19). The van der Waals surface area contributed by atoms with Crippen molar-refractivity contribution in [1.29, 1.82) is 0 Å². The van der Waals surface area contributed by atoms with Crippen LogP contribution >= 0.6 is 0 Å². The van der Waals surface area contributed by atoms with Gasteiger partial charge in [-0.05, 0) is 31.4 Å². The van der Waals surface area contributed by atoms with E-state index >= 15 is 0 Å². The van der Waals surface area contributed by atoms with Crippen LogP contribution in [0.2, 0.25) is 0 Å². The minimum absolute atomic E-state index is 0.00230. The maximum Gasteiger partial charge on any atom is 0.229 e. The van der Waals surface area contributed by atoms with Gasteiger partial charge in [0, 0.05) is 17.8 Å². The predicted molar refractivity (Wildman–Crippen MR) is 82.8 cm³/mol. The molecule has 0 radical (unpaired) electrons. The van der Waals surface area contributed by atoms with Crippen LogP contribution in [0.25, 0.3) is 0 Å². The number of hydrogen-bond donors (Lipinski definition) is 2. The summed E-state index contributed by atoms with van der Waals surface area (Å²) in [5.74, 6) is 1.15. The van der Waals surface area contributed by atoms with Crippen molar-refractivity contribution in [2.24, 2.45) is 11.7 Å². The number of nitrogens with one attached hydrogen (secondary N) is 1. The van der Waals surface area contributed by atoms with Crippen LogP contribution in [0.4, 0.5) is 5.69 Å². The third kappa shape index (κ3) is 3.47. The molecule has 1 amide bonds. The van der Waals surface area contributed by atoms with Crippen molar-refractivity contribution < 1.29 is 14.3 Å². The van der Waals surface area contributed by atoms with E-state index in [9.17, 15) is 4.79 Å². The Labute approximate surface area is 125 Å². The smallest absolute Gasteiger partial charge is 0.229 e. The molecular weight excluding hydrogens is 268 g/mol. The molecule has 116 valence electrons. The Hall–Kier alpha value is -1.75. The molecule has 1 aromatic rings. The molecule has 0 bridgehead atoms. The van der Waals surface area contributed by atoms with E-state index in [0.717, 1.165) is 36.9 Å². The number of carbonyl (C=O) groups excluding carboxylic acids is 1. The molecule has 5 heteroatoms. The number of nitrogens with two attached hydrogens (primary N) is 1. The van der Waals surface area contributed by atoms with Crippen LogP contribution in [0.5, 0.6) is 11.5 Å². The van der Waals surface area contributed by atoms with E-state index in [1.165, 1.54) is 0 Å². The molecule has 2 rings (SSSR count). The first-order valence-corrected chi connectivity index (χ1v) is 7.36. The lowest BCUT2D eigenvalue weighted by Crippen LogP contribution is -2.40. The van der Waals surface area contributed by atoms with Crippen LogP contribution in [0.15, 0.2) is 12.1 Å². The maximum absolute atomic E-state index is 12.4. The summed E-state index contributed by atoms with van der Waals surface area (Å²) in [4.78, 5) is 12.4. The number of hydrogen-bond acceptors (Lipinski definition) is 4. The largest absolute Gasteiger partial charge is 0.493 e. The van der Waals surface area contributed by atoms with Gasteiger partial charge in [0.15, 0.2) is 11.5 Å². The van der Waals surface area contributed by atoms with Gasteiger partial charge >= 0.3 is 0 Å². The lowest BCUT2D eigenvalue weighted by atomic mass is 9.84. The van der Waals surface area contributed by atoms with Gasteiger partial charge in [-0.1, -0.05) is 12.8 Å². The average molecular weight is 292 g/mol. The highest BCUT2D eigenvalue weighted by Crippen LogP contribution is 2.33. The topological polar surface area (TPSA) is 73.6 Å². The van der Waals surface area contributed by atoms with Crippen LogP contribution in [-0.4, -0.2) is 26.2 Å². The second-order valence-electron chi connectivity index (χ2n) is 5.57. The van der Waals surface area contributed by atoms with Crippen molar-refractivity contribution in [2.45, 2.75) is 38.6 Å². The fourth-order valence-corrected chi connectivity index (χ4v) is 2.83. The number of amides is 1. The highest BCUT2D eigenvalue weighted by molar-refractivity contribution is 5.94. The average Bonchev–Trinajstić information content (AvgIpc) is 2.49. The van der Waals surface area contributed by atoms with Crippen molar-refractivity contribution in [3.63, 3.8) is 0 Å². The molecule has 1 aliphatic rings. The summed E-state index contributed by atoms with van der Waals surface area (Å²) in [6.07, 6.45) is 3.96. The number of aryl methyl sites for hydroxylation is 1. The summed E-state index contributed by atoms with van der Waals surface area (Å²) in [6.45, 7) is 1.93. The molecule has 1 fully saturated rings. The molecule has 21 heavy (non-hydrogen) atoms. The summed E-state index contributed by atoms with van der Waals surface area (Å²) in [6, 6.07) is 3.61. The van der Waals surface area contributed by atoms with Crippen molar-refractivity contribution >= 4 is 11.6 Å². The Morgan fingerprint density at radius 3 is 2.43 bits per heavy atom. The first-order valence-electron chi connectivity index (χ1n) is 7.36. The van der Waals surface area contributed by atoms with Crippen molar-refractivity contribution in [3.8, 4) is 11.5 Å². The normalized spacial score (nSPS) is 21.7. The van der Waals surface area contributed by atoms with Gasteiger partial charge in [0.25, 0.3) is 0 Å². The fourth-order valence-electron chi connectivity index (χ4n) is 2.83. The van der Waals surface area contributed by atoms with Gasteiger partial charge in [-0.15, -0.1) is 0 Å². The van der Waals surface area contributed by atoms with E-state index in [1.54, 1.807) is 20.3 Å². The van der Waals surface area contributed by atoms with Gasteiger partial charge in [-0.3, -0.25) is 4.79 Å². The third-order valence-corrected chi connectivity index (χ3v) is 4.14. The predicted octanol–water partition coefficient (Wildman–Crippen LogP) is 2.47. The molecule has 5 nitrogen and oxygen atoms in total. The highest BCUT2D eigenvalue weighted by Gasteiger charge is 2.28. The van der Waals surface area contributed by atoms with Crippen LogP contribution in [0.3, 0.4) is 0 Å². The number of methoxy groups -OCH3 is 2. The number of rotatable bonds is 4. The highest BCUT2D eigenvalue weighted by atomic mass is 16.5. The van der Waals surface area contributed by atoms with Gasteiger partial charge < -0.3 is 20.5 Å². The molecule has 2 unspecified atom stereocenters. The van der Waals surface area contributed by atoms with Crippen molar-refractivity contribution in [3.05, 3.63) is 17.7 Å². The molecule has 2 atom stereocenters. The minimum Gasteiger partial charge on any atom is -0.493 e. The van der Waals surface area contributed by atoms with Gasteiger partial charge in [0.2, 0.25) is 5.91 Å². The monoisotopic (exact) mass is 292 g/mol. The molecular formula is C16H24N2O3. The quantitative estimate of drug-likeness (QED) is 0.894. The molecule has 0 aliphatic heterocycles. The number of anilines is 1. The SMILES string of the molecule is COc1cc(C)c(NC(=O)C2CCCCC2N)cc1OC. The Balaban J connectivity index is 2.16. The summed E-state index contributed by atoms with van der Waals surface area (Å²) in [5.41, 5.74) is 7.75. The first kappa shape index (κ1) is 15.6. The number of benzene rings is 1. The van der Waals surface area contributed by atoms with Crippen LogP contribution in [0.1, 0.15) is 31.2 Å². The minimum atomic E-state index is -0.105. The lowest BCUT2D eigenvalue weighted by molar-refractivity contribution is -0.121. The molecule has 0 aromatic heterocycles. The van der Waals surface area contributed by atoms with Crippen molar-refractivity contribution in [1.82, 2.24) is 0 Å². The van der Waals surface area contributed by atoms with Gasteiger partial charge in [-0.25, -0.2) is 0 Å². The molecule has 1 saturated carbocycles. The van der Waals surface area contributed by atoms with Crippen LogP contribution in [-0.2, 0) is 4.79 Å². The Morgan fingerprint density at radius 2 is 1.81 bits per heavy atom. The zero-order valence-corrected chi connectivity index (χ0v) is 12.9. The van der Waals surface area contributed by atoms with E-state index in [0.29, 0.717) is 11.5 Å². The Bertz CT molecular complexity index is 516. The number of carbonyl (C=O) groups is 1. The molecule has 0 heterocycles. The molecule has 0 spiro atoms. The van der Waals surface area contributed by atoms with Gasteiger partial charge in [0.05, 0.1) is 20.1 Å². The molecule has 1 aliphatic carbocycles. The van der Waals surface area contributed by atoms with Gasteiger partial charge in [0.1, 0.15) is 0 Å². The Kier molecular flexibility index (Phi) is 5.07. The van der Waals surface area contributed by atoms with E-state index in [1.807, 2.05) is 13.0 Å². The lowest BCUT2D eigenvalue weighted by Gasteiger charge is -2.27. The van der Waals surface area contributed by atoms with Crippen molar-refractivity contribution in [2.75, 3.05) is 19.5 Å². The van der Waals surface area contributed by atoms with E-state index in [2.05, 4.69) is 5.32 Å². The number of ether oxygens (including phenoxy) is 2. The third-order valence-electron chi connectivity index (χ3n) is 4.14. The summed E-state index contributed by atoms with van der Waals surface area (Å²) in [5, 5.41) is 2.98. The van der Waals surface area contributed by atoms with Gasteiger partial charge in [-0.2, -0.15) is 0 Å². The van der Waals surface area contributed by atoms with Crippen LogP contribution in [0, 0.1) is 12.8 Å². The zero-order valence-electron chi connectivity index (χ0n) is 12.9. The summed E-state index contributed by atoms with van der Waals surface area (Å²) < 4.78 is 10.5. The molecule has 0 saturated heterocycles. The second-order valence-corrected chi connectivity index (χ2v) is 5.57. The fraction of sp³-hybridized carbons (Fsp3) is 0.562. The second kappa shape index (κ2) is 6.80. The summed E-state index contributed by atoms with van der Waals surface area (Å²) in [7, 11) is 3.17. The Morgan fingerprint density at radius 1 is 1.19 bits per heavy atom. The van der Waals surface area contributed by atoms with E-state index < -0.39 is 0 Å². The maximum atomic E-state index is 12.4. The van der Waals surface area contributed by atoms with E-state index in [-0.39, 0.29) is 17.9 Å². The first-order chi connectivity index (χ1) is 10.1. The van der Waals surface area contributed by atoms with Crippen LogP contribution < -0.4 is 20.5 Å². The summed E-state index contributed by atoms with van der Waals surface area (Å²) >= 11 is 0.